The first kappa shape index (κ1) is 17.6. The zero-order valence-corrected chi connectivity index (χ0v) is 13.6. The second-order valence-electron chi connectivity index (χ2n) is 5.65. The van der Waals surface area contributed by atoms with Crippen LogP contribution in [0.5, 0.6) is 0 Å². The van der Waals surface area contributed by atoms with E-state index in [0.717, 1.165) is 0 Å². The number of carbonyl (C=O) groups excluding carboxylic acids is 1. The number of methoxy groups -OCH3 is 1. The minimum atomic E-state index is -3.61. The number of nitrogens with two attached hydrogens (primary N) is 1. The first-order chi connectivity index (χ1) is 9.64. The van der Waals surface area contributed by atoms with Gasteiger partial charge in [0.05, 0.1) is 17.6 Å². The fraction of sp³-hybridized carbons (Fsp3) is 0.500. The zero-order chi connectivity index (χ0) is 16.3. The lowest BCUT2D eigenvalue weighted by atomic mass is 9.94. The molecule has 0 unspecified atom stereocenters. The number of rotatable bonds is 6. The lowest BCUT2D eigenvalue weighted by Crippen LogP contribution is -2.39. The van der Waals surface area contributed by atoms with Crippen LogP contribution in [-0.4, -0.2) is 45.9 Å². The molecular weight excluding hydrogens is 292 g/mol. The lowest BCUT2D eigenvalue weighted by molar-refractivity contribution is 0.0600. The van der Waals surface area contributed by atoms with E-state index in [1.54, 1.807) is 0 Å². The number of carbonyl (C=O) groups is 1. The van der Waals surface area contributed by atoms with Gasteiger partial charge in [-0.15, -0.1) is 0 Å². The molecule has 0 spiro atoms. The quantitative estimate of drug-likeness (QED) is 0.794. The molecule has 1 aromatic carbocycles. The summed E-state index contributed by atoms with van der Waals surface area (Å²) in [6.07, 6.45) is 0. The second-order valence-corrected chi connectivity index (χ2v) is 7.69. The van der Waals surface area contributed by atoms with E-state index < -0.39 is 16.0 Å². The molecule has 21 heavy (non-hydrogen) atoms. The molecule has 0 aromatic heterocycles. The Labute approximate surface area is 125 Å². The number of benzene rings is 1. The van der Waals surface area contributed by atoms with E-state index in [-0.39, 0.29) is 10.3 Å². The van der Waals surface area contributed by atoms with E-state index in [9.17, 15) is 13.2 Å². The van der Waals surface area contributed by atoms with Crippen molar-refractivity contribution in [2.45, 2.75) is 18.7 Å². The highest BCUT2D eigenvalue weighted by atomic mass is 32.2. The number of hydrogen-bond acceptors (Lipinski definition) is 5. The van der Waals surface area contributed by atoms with E-state index in [4.69, 9.17) is 5.73 Å². The fourth-order valence-electron chi connectivity index (χ4n) is 1.81. The van der Waals surface area contributed by atoms with Gasteiger partial charge in [-0.3, -0.25) is 0 Å². The monoisotopic (exact) mass is 314 g/mol. The average molecular weight is 314 g/mol. The van der Waals surface area contributed by atoms with Crippen LogP contribution in [-0.2, 0) is 14.8 Å². The van der Waals surface area contributed by atoms with Crippen molar-refractivity contribution in [3.63, 3.8) is 0 Å². The van der Waals surface area contributed by atoms with Gasteiger partial charge in [0.25, 0.3) is 0 Å². The molecule has 0 aliphatic carbocycles. The Bertz CT molecular complexity index is 594. The first-order valence-corrected chi connectivity index (χ1v) is 7.93. The van der Waals surface area contributed by atoms with Crippen LogP contribution in [0.1, 0.15) is 24.2 Å². The number of sulfonamides is 1. The topological polar surface area (TPSA) is 89.7 Å². The summed E-state index contributed by atoms with van der Waals surface area (Å²) in [5, 5.41) is 0. The molecule has 1 aromatic rings. The van der Waals surface area contributed by atoms with E-state index in [1.807, 2.05) is 13.8 Å². The maximum absolute atomic E-state index is 12.4. The van der Waals surface area contributed by atoms with E-state index in [1.165, 1.54) is 42.7 Å². The van der Waals surface area contributed by atoms with Gasteiger partial charge in [0.1, 0.15) is 0 Å². The van der Waals surface area contributed by atoms with Crippen LogP contribution in [0.4, 0.5) is 0 Å². The predicted octanol–water partition coefficient (Wildman–Crippen LogP) is 1.08. The molecular formula is C14H22N2O4S. The highest BCUT2D eigenvalue weighted by Gasteiger charge is 2.27. The Balaban J connectivity index is 3.00. The predicted molar refractivity (Wildman–Crippen MR) is 80.4 cm³/mol. The molecule has 0 saturated heterocycles. The molecule has 6 nitrogen and oxygen atoms in total. The van der Waals surface area contributed by atoms with E-state index in [0.29, 0.717) is 18.7 Å². The van der Waals surface area contributed by atoms with Gasteiger partial charge in [0.15, 0.2) is 0 Å². The van der Waals surface area contributed by atoms with Crippen molar-refractivity contribution < 1.29 is 17.9 Å². The maximum Gasteiger partial charge on any atom is 0.337 e. The standard InChI is InChI=1S/C14H22N2O4S/c1-14(2,9-15)10-16(3)21(18,19)12-7-5-11(6-8-12)13(17)20-4/h5-8H,9-10,15H2,1-4H3. The molecule has 0 atom stereocenters. The lowest BCUT2D eigenvalue weighted by Gasteiger charge is -2.28. The molecule has 0 fully saturated rings. The Morgan fingerprint density at radius 2 is 1.81 bits per heavy atom. The van der Waals surface area contributed by atoms with Crippen LogP contribution in [0.2, 0.25) is 0 Å². The summed E-state index contributed by atoms with van der Waals surface area (Å²) < 4.78 is 30.7. The second kappa shape index (κ2) is 6.55. The third-order valence-corrected chi connectivity index (χ3v) is 5.00. The van der Waals surface area contributed by atoms with Gasteiger partial charge in [-0.2, -0.15) is 0 Å². The van der Waals surface area contributed by atoms with Crippen LogP contribution in [0.25, 0.3) is 0 Å². The van der Waals surface area contributed by atoms with Crippen molar-refractivity contribution in [1.82, 2.24) is 4.31 Å². The highest BCUT2D eigenvalue weighted by molar-refractivity contribution is 7.89. The summed E-state index contributed by atoms with van der Waals surface area (Å²) in [5.41, 5.74) is 5.63. The first-order valence-electron chi connectivity index (χ1n) is 6.49. The van der Waals surface area contributed by atoms with Gasteiger partial charge in [-0.1, -0.05) is 13.8 Å². The summed E-state index contributed by atoms with van der Waals surface area (Å²) in [6, 6.07) is 5.66. The van der Waals surface area contributed by atoms with Crippen LogP contribution in [0, 0.1) is 5.41 Å². The Kier molecular flexibility index (Phi) is 5.49. The zero-order valence-electron chi connectivity index (χ0n) is 12.8. The summed E-state index contributed by atoms with van der Waals surface area (Å²) in [6.45, 7) is 4.50. The van der Waals surface area contributed by atoms with Crippen molar-refractivity contribution >= 4 is 16.0 Å². The maximum atomic E-state index is 12.4. The molecule has 0 heterocycles. The molecule has 0 saturated carbocycles. The molecule has 0 aliphatic rings. The van der Waals surface area contributed by atoms with Gasteiger partial charge in [0, 0.05) is 13.6 Å². The van der Waals surface area contributed by atoms with Crippen molar-refractivity contribution in [1.29, 1.82) is 0 Å². The normalized spacial score (nSPS) is 12.5. The number of esters is 1. The smallest absolute Gasteiger partial charge is 0.337 e. The van der Waals surface area contributed by atoms with Crippen molar-refractivity contribution in [2.24, 2.45) is 11.1 Å². The van der Waals surface area contributed by atoms with Gasteiger partial charge in [-0.25, -0.2) is 17.5 Å². The van der Waals surface area contributed by atoms with E-state index >= 15 is 0 Å². The fourth-order valence-corrected chi connectivity index (χ4v) is 3.17. The molecule has 0 amide bonds. The van der Waals surface area contributed by atoms with Crippen molar-refractivity contribution in [3.8, 4) is 0 Å². The average Bonchev–Trinajstić information content (AvgIpc) is 2.46. The number of nitrogens with zero attached hydrogens (tertiary/aromatic N) is 1. The van der Waals surface area contributed by atoms with Gasteiger partial charge in [-0.05, 0) is 36.2 Å². The van der Waals surface area contributed by atoms with Gasteiger partial charge >= 0.3 is 5.97 Å². The third kappa shape index (κ3) is 4.26. The largest absolute Gasteiger partial charge is 0.465 e. The summed E-state index contributed by atoms with van der Waals surface area (Å²) in [5.74, 6) is -0.503. The summed E-state index contributed by atoms with van der Waals surface area (Å²) in [7, 11) is -0.817. The van der Waals surface area contributed by atoms with Crippen molar-refractivity contribution in [3.05, 3.63) is 29.8 Å². The summed E-state index contributed by atoms with van der Waals surface area (Å²) >= 11 is 0. The third-order valence-electron chi connectivity index (χ3n) is 3.19. The van der Waals surface area contributed by atoms with Crippen molar-refractivity contribution in [2.75, 3.05) is 27.2 Å². The highest BCUT2D eigenvalue weighted by Crippen LogP contribution is 2.21. The molecule has 2 N–H and O–H groups in total. The SMILES string of the molecule is COC(=O)c1ccc(S(=O)(=O)N(C)CC(C)(C)CN)cc1. The number of hydrogen-bond donors (Lipinski definition) is 1. The van der Waals surface area contributed by atoms with Gasteiger partial charge in [0.2, 0.25) is 10.0 Å². The van der Waals surface area contributed by atoms with Crippen LogP contribution < -0.4 is 5.73 Å². The van der Waals surface area contributed by atoms with Crippen LogP contribution >= 0.6 is 0 Å². The molecule has 0 bridgehead atoms. The Morgan fingerprint density at radius 1 is 1.29 bits per heavy atom. The molecule has 0 aliphatic heterocycles. The number of ether oxygens (including phenoxy) is 1. The van der Waals surface area contributed by atoms with E-state index in [2.05, 4.69) is 4.74 Å². The molecule has 7 heteroatoms. The minimum absolute atomic E-state index is 0.130. The van der Waals surface area contributed by atoms with Gasteiger partial charge < -0.3 is 10.5 Å². The molecule has 1 rings (SSSR count). The van der Waals surface area contributed by atoms with Crippen LogP contribution in [0.15, 0.2) is 29.2 Å². The Hall–Kier alpha value is -1.44. The minimum Gasteiger partial charge on any atom is -0.465 e. The molecule has 0 radical (unpaired) electrons. The van der Waals surface area contributed by atoms with Crippen LogP contribution in [0.3, 0.4) is 0 Å². The summed E-state index contributed by atoms with van der Waals surface area (Å²) in [4.78, 5) is 11.5. The Morgan fingerprint density at radius 3 is 2.24 bits per heavy atom. The molecule has 118 valence electrons.